The molecule has 0 saturated carbocycles. The zero-order chi connectivity index (χ0) is 16.2. The number of hydrogen-bond donors (Lipinski definition) is 1. The van der Waals surface area contributed by atoms with Gasteiger partial charge in [0.2, 0.25) is 0 Å². The first-order valence-corrected chi connectivity index (χ1v) is 9.14. The van der Waals surface area contributed by atoms with E-state index in [1.54, 1.807) is 12.4 Å². The molecular weight excluding hydrogens is 290 g/mol. The minimum Gasteiger partial charge on any atom is -0.396 e. The van der Waals surface area contributed by atoms with Gasteiger partial charge in [-0.15, -0.1) is 0 Å². The van der Waals surface area contributed by atoms with Crippen LogP contribution < -0.4 is 0 Å². The molecule has 0 radical (unpaired) electrons. The van der Waals surface area contributed by atoms with Crippen molar-refractivity contribution in [2.24, 2.45) is 5.92 Å². The van der Waals surface area contributed by atoms with E-state index in [1.807, 2.05) is 12.1 Å². The second-order valence-corrected chi connectivity index (χ2v) is 6.49. The zero-order valence-corrected chi connectivity index (χ0v) is 14.2. The summed E-state index contributed by atoms with van der Waals surface area (Å²) in [6, 6.07) is 3.90. The third kappa shape index (κ3) is 7.42. The van der Waals surface area contributed by atoms with Gasteiger partial charge in [-0.25, -0.2) is 0 Å². The highest BCUT2D eigenvalue weighted by Gasteiger charge is 2.22. The van der Waals surface area contributed by atoms with Gasteiger partial charge in [-0.1, -0.05) is 44.9 Å². The van der Waals surface area contributed by atoms with Crippen LogP contribution in [0.25, 0.3) is 0 Å². The van der Waals surface area contributed by atoms with Crippen molar-refractivity contribution in [3.63, 3.8) is 0 Å². The van der Waals surface area contributed by atoms with Crippen LogP contribution in [0.15, 0.2) is 24.5 Å². The van der Waals surface area contributed by atoms with Crippen molar-refractivity contribution in [1.82, 2.24) is 4.98 Å². The second kappa shape index (κ2) is 11.5. The zero-order valence-electron chi connectivity index (χ0n) is 14.2. The SMILES string of the molecule is OCCCCCCCCCCC1COC(c2ccncc2)OC1. The maximum Gasteiger partial charge on any atom is 0.183 e. The number of hydrogen-bond acceptors (Lipinski definition) is 4. The molecule has 0 aliphatic carbocycles. The van der Waals surface area contributed by atoms with Crippen LogP contribution in [0.1, 0.15) is 69.6 Å². The Morgan fingerprint density at radius 1 is 0.870 bits per heavy atom. The van der Waals surface area contributed by atoms with Crippen LogP contribution in [0, 0.1) is 5.92 Å². The molecule has 1 N–H and O–H groups in total. The first-order chi connectivity index (χ1) is 11.4. The lowest BCUT2D eigenvalue weighted by molar-refractivity contribution is -0.206. The van der Waals surface area contributed by atoms with E-state index >= 15 is 0 Å². The molecule has 1 aromatic rings. The van der Waals surface area contributed by atoms with E-state index in [1.165, 1.54) is 51.4 Å². The average molecular weight is 321 g/mol. The summed E-state index contributed by atoms with van der Waals surface area (Å²) in [7, 11) is 0. The molecule has 0 atom stereocenters. The van der Waals surface area contributed by atoms with Gasteiger partial charge < -0.3 is 14.6 Å². The molecule has 1 aliphatic heterocycles. The fourth-order valence-corrected chi connectivity index (χ4v) is 3.03. The van der Waals surface area contributed by atoms with Crippen molar-refractivity contribution < 1.29 is 14.6 Å². The summed E-state index contributed by atoms with van der Waals surface area (Å²) in [5.41, 5.74) is 1.06. The summed E-state index contributed by atoms with van der Waals surface area (Å²) >= 11 is 0. The monoisotopic (exact) mass is 321 g/mol. The van der Waals surface area contributed by atoms with Crippen LogP contribution in [0.2, 0.25) is 0 Å². The van der Waals surface area contributed by atoms with Crippen molar-refractivity contribution in [2.45, 2.75) is 64.1 Å². The minimum atomic E-state index is -0.215. The standard InChI is InChI=1S/C19H31NO3/c21-14-8-6-4-2-1-3-5-7-9-17-15-22-19(23-16-17)18-10-12-20-13-11-18/h10-13,17,19,21H,1-9,14-16H2. The van der Waals surface area contributed by atoms with Crippen LogP contribution >= 0.6 is 0 Å². The molecule has 0 spiro atoms. The number of aliphatic hydroxyl groups excluding tert-OH is 1. The van der Waals surface area contributed by atoms with Gasteiger partial charge in [0.05, 0.1) is 13.2 Å². The third-order valence-electron chi connectivity index (χ3n) is 4.47. The van der Waals surface area contributed by atoms with Gasteiger partial charge in [0.25, 0.3) is 0 Å². The number of aliphatic hydroxyl groups is 1. The molecular formula is C19H31NO3. The summed E-state index contributed by atoms with van der Waals surface area (Å²) in [6.07, 6.45) is 14.5. The fraction of sp³-hybridized carbons (Fsp3) is 0.737. The molecule has 1 fully saturated rings. The smallest absolute Gasteiger partial charge is 0.183 e. The van der Waals surface area contributed by atoms with Gasteiger partial charge in [0.15, 0.2) is 6.29 Å². The van der Waals surface area contributed by atoms with E-state index in [4.69, 9.17) is 14.6 Å². The maximum absolute atomic E-state index is 8.72. The molecule has 0 amide bonds. The van der Waals surface area contributed by atoms with Crippen molar-refractivity contribution in [2.75, 3.05) is 19.8 Å². The molecule has 0 bridgehead atoms. The summed E-state index contributed by atoms with van der Waals surface area (Å²) in [6.45, 7) is 1.94. The lowest BCUT2D eigenvalue weighted by Gasteiger charge is -2.29. The van der Waals surface area contributed by atoms with Crippen LogP contribution in [0.4, 0.5) is 0 Å². The lowest BCUT2D eigenvalue weighted by Crippen LogP contribution is -2.27. The number of unbranched alkanes of at least 4 members (excludes halogenated alkanes) is 7. The molecule has 130 valence electrons. The molecule has 1 aromatic heterocycles. The number of ether oxygens (including phenoxy) is 2. The minimum absolute atomic E-state index is 0.215. The van der Waals surface area contributed by atoms with E-state index < -0.39 is 0 Å². The predicted molar refractivity (Wildman–Crippen MR) is 91.0 cm³/mol. The molecule has 1 saturated heterocycles. The topological polar surface area (TPSA) is 51.6 Å². The number of pyridine rings is 1. The molecule has 0 unspecified atom stereocenters. The predicted octanol–water partition coefficient (Wildman–Crippen LogP) is 4.25. The van der Waals surface area contributed by atoms with Gasteiger partial charge in [-0.3, -0.25) is 4.98 Å². The molecule has 2 rings (SSSR count). The van der Waals surface area contributed by atoms with Crippen LogP contribution in [0.5, 0.6) is 0 Å². The summed E-state index contributed by atoms with van der Waals surface area (Å²) < 4.78 is 11.7. The van der Waals surface area contributed by atoms with Crippen LogP contribution in [0.3, 0.4) is 0 Å². The number of aromatic nitrogens is 1. The number of rotatable bonds is 11. The first kappa shape index (κ1) is 18.4. The summed E-state index contributed by atoms with van der Waals surface area (Å²) in [4.78, 5) is 4.02. The van der Waals surface area contributed by atoms with E-state index in [0.717, 1.165) is 25.2 Å². The van der Waals surface area contributed by atoms with Crippen molar-refractivity contribution >= 4 is 0 Å². The highest BCUT2D eigenvalue weighted by Crippen LogP contribution is 2.26. The second-order valence-electron chi connectivity index (χ2n) is 6.49. The van der Waals surface area contributed by atoms with Gasteiger partial charge in [-0.2, -0.15) is 0 Å². The Balaban J connectivity index is 1.46. The van der Waals surface area contributed by atoms with Crippen molar-refractivity contribution in [3.8, 4) is 0 Å². The quantitative estimate of drug-likeness (QED) is 0.619. The van der Waals surface area contributed by atoms with Crippen LogP contribution in [-0.2, 0) is 9.47 Å². The summed E-state index contributed by atoms with van der Waals surface area (Å²) in [5.74, 6) is 0.539. The van der Waals surface area contributed by atoms with E-state index in [0.29, 0.717) is 12.5 Å². The van der Waals surface area contributed by atoms with Gasteiger partial charge in [0.1, 0.15) is 0 Å². The summed E-state index contributed by atoms with van der Waals surface area (Å²) in [5, 5.41) is 8.72. The Kier molecular flexibility index (Phi) is 9.22. The molecule has 4 nitrogen and oxygen atoms in total. The Labute approximate surface area is 140 Å². The Morgan fingerprint density at radius 2 is 1.43 bits per heavy atom. The van der Waals surface area contributed by atoms with Crippen LogP contribution in [-0.4, -0.2) is 29.9 Å². The first-order valence-electron chi connectivity index (χ1n) is 9.14. The molecule has 4 heteroatoms. The molecule has 1 aliphatic rings. The Bertz CT molecular complexity index is 391. The highest BCUT2D eigenvalue weighted by molar-refractivity contribution is 5.11. The highest BCUT2D eigenvalue weighted by atomic mass is 16.7. The lowest BCUT2D eigenvalue weighted by atomic mass is 10.0. The third-order valence-corrected chi connectivity index (χ3v) is 4.47. The van der Waals surface area contributed by atoms with Gasteiger partial charge >= 0.3 is 0 Å². The Hall–Kier alpha value is -0.970. The molecule has 2 heterocycles. The van der Waals surface area contributed by atoms with Crippen molar-refractivity contribution in [3.05, 3.63) is 30.1 Å². The van der Waals surface area contributed by atoms with Gasteiger partial charge in [-0.05, 0) is 25.0 Å². The molecule has 23 heavy (non-hydrogen) atoms. The average Bonchev–Trinajstić information content (AvgIpc) is 2.62. The number of nitrogens with zero attached hydrogens (tertiary/aromatic N) is 1. The van der Waals surface area contributed by atoms with E-state index in [9.17, 15) is 0 Å². The van der Waals surface area contributed by atoms with E-state index in [2.05, 4.69) is 4.98 Å². The largest absolute Gasteiger partial charge is 0.396 e. The van der Waals surface area contributed by atoms with E-state index in [-0.39, 0.29) is 6.29 Å². The fourth-order valence-electron chi connectivity index (χ4n) is 3.03. The normalized spacial score (nSPS) is 21.4. The molecule has 0 aromatic carbocycles. The maximum atomic E-state index is 8.72. The Morgan fingerprint density at radius 3 is 2.04 bits per heavy atom. The van der Waals surface area contributed by atoms with Gasteiger partial charge in [0, 0.05) is 30.5 Å². The van der Waals surface area contributed by atoms with Crippen molar-refractivity contribution in [1.29, 1.82) is 0 Å².